The lowest BCUT2D eigenvalue weighted by atomic mass is 10.1. The molecular weight excluding hydrogens is 453 g/mol. The molecule has 0 bridgehead atoms. The van der Waals surface area contributed by atoms with Crippen LogP contribution >= 0.6 is 11.6 Å². The lowest BCUT2D eigenvalue weighted by Gasteiger charge is -2.10. The van der Waals surface area contributed by atoms with Gasteiger partial charge in [-0.25, -0.2) is 4.99 Å². The summed E-state index contributed by atoms with van der Waals surface area (Å²) in [5.74, 6) is -0.313. The number of carbonyl (C=O) groups excluding carboxylic acids is 1. The number of allylic oxidation sites excluding steroid dienone is 2. The Morgan fingerprint density at radius 1 is 1.03 bits per heavy atom. The molecule has 1 aromatic heterocycles. The van der Waals surface area contributed by atoms with E-state index in [1.165, 1.54) is 24.3 Å². The predicted octanol–water partition coefficient (Wildman–Crippen LogP) is 5.23. The zero-order valence-corrected chi connectivity index (χ0v) is 18.1. The standard InChI is InChI=1S/C24H20ClF3N4O/c25-19-6-1-2-7-20(19)32-21(15-22(29)24(26,27)28)16-8-10-17(11-9-16)23(33)31-14-12-18-5-3-4-13-30-18/h1-11,13,15H,12,14,29H2,(H,31,33). The number of hydrogen-bond acceptors (Lipinski definition) is 4. The van der Waals surface area contributed by atoms with Crippen LogP contribution in [-0.4, -0.2) is 29.3 Å². The van der Waals surface area contributed by atoms with Crippen LogP contribution in [-0.2, 0) is 6.42 Å². The molecule has 0 aliphatic heterocycles. The second-order valence-electron chi connectivity index (χ2n) is 6.95. The van der Waals surface area contributed by atoms with Crippen molar-refractivity contribution in [2.24, 2.45) is 10.7 Å². The molecule has 0 aliphatic carbocycles. The number of pyridine rings is 1. The van der Waals surface area contributed by atoms with Crippen LogP contribution < -0.4 is 11.1 Å². The van der Waals surface area contributed by atoms with Gasteiger partial charge >= 0.3 is 6.18 Å². The molecule has 3 N–H and O–H groups in total. The van der Waals surface area contributed by atoms with E-state index in [1.807, 2.05) is 18.2 Å². The van der Waals surface area contributed by atoms with E-state index in [1.54, 1.807) is 30.5 Å². The number of amides is 1. The smallest absolute Gasteiger partial charge is 0.395 e. The third-order valence-electron chi connectivity index (χ3n) is 4.55. The lowest BCUT2D eigenvalue weighted by molar-refractivity contribution is -0.0925. The van der Waals surface area contributed by atoms with Gasteiger partial charge < -0.3 is 11.1 Å². The summed E-state index contributed by atoms with van der Waals surface area (Å²) in [5.41, 5.74) is 5.70. The molecule has 1 heterocycles. The van der Waals surface area contributed by atoms with Gasteiger partial charge in [-0.2, -0.15) is 13.2 Å². The van der Waals surface area contributed by atoms with Crippen molar-refractivity contribution >= 4 is 28.9 Å². The molecule has 0 fully saturated rings. The van der Waals surface area contributed by atoms with Crippen molar-refractivity contribution in [2.75, 3.05) is 6.54 Å². The molecule has 1 amide bonds. The second kappa shape index (κ2) is 10.8. The SMILES string of the molecule is NC(=CC(=Nc1ccccc1Cl)c1ccc(C(=O)NCCc2ccccn2)cc1)C(F)(F)F. The molecule has 5 nitrogen and oxygen atoms in total. The first-order chi connectivity index (χ1) is 15.7. The number of benzene rings is 2. The van der Waals surface area contributed by atoms with Crippen molar-refractivity contribution in [3.63, 3.8) is 0 Å². The van der Waals surface area contributed by atoms with E-state index in [2.05, 4.69) is 15.3 Å². The molecule has 3 aromatic rings. The molecular formula is C24H20ClF3N4O. The summed E-state index contributed by atoms with van der Waals surface area (Å²) >= 11 is 6.10. The Labute approximate surface area is 193 Å². The molecule has 0 radical (unpaired) electrons. The first kappa shape index (κ1) is 24.0. The molecule has 9 heteroatoms. The highest BCUT2D eigenvalue weighted by atomic mass is 35.5. The average Bonchev–Trinajstić information content (AvgIpc) is 2.80. The average molecular weight is 473 g/mol. The maximum Gasteiger partial charge on any atom is 0.430 e. The fraction of sp³-hybridized carbons (Fsp3) is 0.125. The molecule has 3 rings (SSSR count). The zero-order chi connectivity index (χ0) is 23.8. The number of rotatable bonds is 7. The largest absolute Gasteiger partial charge is 0.430 e. The Balaban J connectivity index is 1.80. The van der Waals surface area contributed by atoms with Crippen molar-refractivity contribution in [1.29, 1.82) is 0 Å². The zero-order valence-electron chi connectivity index (χ0n) is 17.3. The van der Waals surface area contributed by atoms with Gasteiger partial charge in [-0.05, 0) is 42.5 Å². The van der Waals surface area contributed by atoms with Crippen LogP contribution in [0.2, 0.25) is 5.02 Å². The summed E-state index contributed by atoms with van der Waals surface area (Å²) in [6.45, 7) is 0.391. The topological polar surface area (TPSA) is 80.4 Å². The molecule has 0 aliphatic rings. The number of para-hydroxylation sites is 1. The predicted molar refractivity (Wildman–Crippen MR) is 123 cm³/mol. The number of aromatic nitrogens is 1. The highest BCUT2D eigenvalue weighted by molar-refractivity contribution is 6.33. The Bertz CT molecular complexity index is 1160. The third-order valence-corrected chi connectivity index (χ3v) is 4.87. The summed E-state index contributed by atoms with van der Waals surface area (Å²) in [4.78, 5) is 20.9. The van der Waals surface area contributed by atoms with Crippen molar-refractivity contribution in [3.8, 4) is 0 Å². The van der Waals surface area contributed by atoms with Gasteiger partial charge in [0.2, 0.25) is 0 Å². The van der Waals surface area contributed by atoms with Crippen LogP contribution in [0, 0.1) is 0 Å². The van der Waals surface area contributed by atoms with Gasteiger partial charge in [-0.15, -0.1) is 0 Å². The number of nitrogens with zero attached hydrogens (tertiary/aromatic N) is 2. The minimum atomic E-state index is -4.71. The van der Waals surface area contributed by atoms with Gasteiger partial charge in [0.05, 0.1) is 16.4 Å². The number of alkyl halides is 3. The van der Waals surface area contributed by atoms with E-state index < -0.39 is 11.9 Å². The van der Waals surface area contributed by atoms with E-state index in [0.717, 1.165) is 11.8 Å². The van der Waals surface area contributed by atoms with Crippen molar-refractivity contribution in [3.05, 3.63) is 107 Å². The number of carbonyl (C=O) groups is 1. The normalized spacial score (nSPS) is 12.5. The van der Waals surface area contributed by atoms with Gasteiger partial charge in [-0.3, -0.25) is 9.78 Å². The van der Waals surface area contributed by atoms with Crippen LogP contribution in [0.1, 0.15) is 21.6 Å². The van der Waals surface area contributed by atoms with Crippen molar-refractivity contribution in [1.82, 2.24) is 10.3 Å². The van der Waals surface area contributed by atoms with E-state index in [9.17, 15) is 18.0 Å². The van der Waals surface area contributed by atoms with Gasteiger partial charge in [0.15, 0.2) is 0 Å². The third kappa shape index (κ3) is 6.92. The van der Waals surface area contributed by atoms with Crippen molar-refractivity contribution < 1.29 is 18.0 Å². The van der Waals surface area contributed by atoms with Gasteiger partial charge in [0.1, 0.15) is 5.70 Å². The Morgan fingerprint density at radius 3 is 2.33 bits per heavy atom. The maximum absolute atomic E-state index is 13.0. The molecule has 170 valence electrons. The first-order valence-electron chi connectivity index (χ1n) is 9.90. The van der Waals surface area contributed by atoms with Gasteiger partial charge in [0.25, 0.3) is 5.91 Å². The minimum Gasteiger partial charge on any atom is -0.395 e. The second-order valence-corrected chi connectivity index (χ2v) is 7.36. The van der Waals surface area contributed by atoms with Gasteiger partial charge in [0, 0.05) is 36.0 Å². The summed E-state index contributed by atoms with van der Waals surface area (Å²) in [6.07, 6.45) is -1.72. The van der Waals surface area contributed by atoms with E-state index in [0.29, 0.717) is 24.1 Å². The maximum atomic E-state index is 13.0. The Hall–Kier alpha value is -3.65. The Morgan fingerprint density at radius 2 is 1.70 bits per heavy atom. The molecule has 0 spiro atoms. The fourth-order valence-corrected chi connectivity index (χ4v) is 3.00. The van der Waals surface area contributed by atoms with Crippen LogP contribution in [0.25, 0.3) is 0 Å². The first-order valence-corrected chi connectivity index (χ1v) is 10.3. The highest BCUT2D eigenvalue weighted by Crippen LogP contribution is 2.27. The summed E-state index contributed by atoms with van der Waals surface area (Å²) in [6, 6.07) is 18.1. The number of aliphatic imine (C=N–C) groups is 1. The number of nitrogens with one attached hydrogen (secondary N) is 1. The summed E-state index contributed by atoms with van der Waals surface area (Å²) < 4.78 is 39.1. The minimum absolute atomic E-state index is 0.0416. The van der Waals surface area contributed by atoms with Crippen LogP contribution in [0.4, 0.5) is 18.9 Å². The highest BCUT2D eigenvalue weighted by Gasteiger charge is 2.31. The lowest BCUT2D eigenvalue weighted by Crippen LogP contribution is -2.26. The Kier molecular flexibility index (Phi) is 7.84. The van der Waals surface area contributed by atoms with E-state index in [4.69, 9.17) is 17.3 Å². The summed E-state index contributed by atoms with van der Waals surface area (Å²) in [7, 11) is 0. The monoisotopic (exact) mass is 472 g/mol. The number of hydrogen-bond donors (Lipinski definition) is 2. The molecule has 2 aromatic carbocycles. The summed E-state index contributed by atoms with van der Waals surface area (Å²) in [5, 5.41) is 3.06. The van der Waals surface area contributed by atoms with E-state index in [-0.39, 0.29) is 22.3 Å². The fourth-order valence-electron chi connectivity index (χ4n) is 2.83. The number of nitrogens with two attached hydrogens (primary N) is 1. The van der Waals surface area contributed by atoms with Crippen LogP contribution in [0.15, 0.2) is 89.7 Å². The van der Waals surface area contributed by atoms with Crippen molar-refractivity contribution in [2.45, 2.75) is 12.6 Å². The molecule has 0 unspecified atom stereocenters. The number of halogens is 4. The quantitative estimate of drug-likeness (QED) is 0.462. The van der Waals surface area contributed by atoms with E-state index >= 15 is 0 Å². The van der Waals surface area contributed by atoms with Crippen LogP contribution in [0.3, 0.4) is 0 Å². The van der Waals surface area contributed by atoms with Crippen LogP contribution in [0.5, 0.6) is 0 Å². The molecule has 0 atom stereocenters. The van der Waals surface area contributed by atoms with Gasteiger partial charge in [-0.1, -0.05) is 41.9 Å². The molecule has 0 saturated heterocycles. The molecule has 33 heavy (non-hydrogen) atoms. The molecule has 0 saturated carbocycles.